The van der Waals surface area contributed by atoms with Crippen LogP contribution in [-0.2, 0) is 51.9 Å². The van der Waals surface area contributed by atoms with Crippen molar-refractivity contribution in [3.63, 3.8) is 0 Å². The smallest absolute Gasteiger partial charge is 0.0933 e. The summed E-state index contributed by atoms with van der Waals surface area (Å²) >= 11 is 0. The molecule has 676 valence electrons. The summed E-state index contributed by atoms with van der Waals surface area (Å²) in [5.74, 6) is 0. The Balaban J connectivity index is 0.000000107. The number of fused-ring (bicyclic) bond motifs is 9. The second kappa shape index (κ2) is 40.0. The Morgan fingerprint density at radius 3 is 1.06 bits per heavy atom. The standard InChI is InChI=1S/C32H37N3.C30H30N4.C29H31N3.C28H31N3O/c1-24-6-5-7-27(20-24)30-12-13-32-31(30)21-28(22-33-32)26-10-8-25(9-11-26)23-34-18-14-29(15-19-34)35-16-3-2-4-17-35;1-33-18-23-9-10-24(19-33)34(23)17-20-5-7-21(8-6-20)22-15-28-26(11-12-30(28)32-16-22)25-3-2-4-29-27(25)13-14-31-29;1-20-4-3-5-23(14-20)27-12-13-29-28(27)15-24(16-30-29)22-8-6-21(7-9-22)17-32-25-10-11-26(32)19-31(2)18-25;1-20-3-2-4-23(15-20)26-9-10-28-27(26)16-24(17-29-28)22-7-5-21(6-8-22)18-31-13-11-25(12-14-31)30-19-32/h5-12,20-22,29H,2-4,13-19,23H2,1H3;2-8,11,13-16,23-24,31H,9-10,12,17-19H2,1H3;3-9,12,14-16,25-26H,10-11,13,17-19H2,1-2H3;2-9,15-17,25,30,32H,10-14,18-19H2,1H3. The van der Waals surface area contributed by atoms with E-state index in [0.29, 0.717) is 6.04 Å². The summed E-state index contributed by atoms with van der Waals surface area (Å²) in [5, 5.41) is 13.5. The van der Waals surface area contributed by atoms with Gasteiger partial charge in [0.2, 0.25) is 0 Å². The highest BCUT2D eigenvalue weighted by atomic mass is 16.3. The van der Waals surface area contributed by atoms with Crippen LogP contribution in [0.1, 0.15) is 177 Å². The van der Waals surface area contributed by atoms with E-state index >= 15 is 0 Å². The number of rotatable bonds is 19. The molecule has 7 aliphatic heterocycles. The number of nitrogens with zero attached hydrogens (tertiary/aromatic N) is 11. The maximum Gasteiger partial charge on any atom is 0.0933 e. The fraction of sp³-hybridized carbons (Fsp3) is 0.345. The molecule has 4 bridgehead atoms. The molecule has 8 aromatic carbocycles. The first kappa shape index (κ1) is 88.1. The van der Waals surface area contributed by atoms with Gasteiger partial charge >= 0.3 is 0 Å². The van der Waals surface area contributed by atoms with Gasteiger partial charge in [0.15, 0.2) is 0 Å². The van der Waals surface area contributed by atoms with Crippen molar-refractivity contribution in [1.82, 2.24) is 64.5 Å². The number of pyridine rings is 4. The molecule has 14 heteroatoms. The highest BCUT2D eigenvalue weighted by molar-refractivity contribution is 5.99. The van der Waals surface area contributed by atoms with Gasteiger partial charge in [-0.15, -0.1) is 0 Å². The van der Waals surface area contributed by atoms with E-state index in [2.05, 4.69) is 322 Å². The van der Waals surface area contributed by atoms with Crippen molar-refractivity contribution in [2.24, 2.45) is 0 Å². The molecule has 4 aliphatic carbocycles. The van der Waals surface area contributed by atoms with E-state index in [9.17, 15) is 0 Å². The number of piperidine rings is 3. The van der Waals surface area contributed by atoms with Gasteiger partial charge in [-0.2, -0.15) is 0 Å². The van der Waals surface area contributed by atoms with Gasteiger partial charge in [0.05, 0.1) is 29.5 Å². The molecule has 4 unspecified atom stereocenters. The average molecular weight is 1760 g/mol. The number of aryl methyl sites for hydroxylation is 3. The van der Waals surface area contributed by atoms with Crippen molar-refractivity contribution in [1.29, 1.82) is 0 Å². The number of allylic oxidation sites excluding steroid dienone is 4. The summed E-state index contributed by atoms with van der Waals surface area (Å²) in [4.78, 5) is 41.0. The number of hydrogen-bond acceptors (Lipinski definition) is 13. The van der Waals surface area contributed by atoms with Gasteiger partial charge in [0.1, 0.15) is 0 Å². The Hall–Kier alpha value is -11.5. The minimum atomic E-state index is 0.0754. The average Bonchev–Trinajstić information content (AvgIpc) is 1.64. The molecule has 133 heavy (non-hydrogen) atoms. The van der Waals surface area contributed by atoms with Crippen LogP contribution in [0.2, 0.25) is 0 Å². The molecule has 4 atom stereocenters. The number of likely N-dealkylation sites (N-methyl/N-ethyl adjacent to an activating group) is 2. The van der Waals surface area contributed by atoms with E-state index < -0.39 is 0 Å². The summed E-state index contributed by atoms with van der Waals surface area (Å²) in [6.07, 6.45) is 37.6. The summed E-state index contributed by atoms with van der Waals surface area (Å²) < 4.78 is 0. The van der Waals surface area contributed by atoms with Crippen LogP contribution < -0.4 is 5.32 Å². The Kier molecular flexibility index (Phi) is 26.5. The highest BCUT2D eigenvalue weighted by Crippen LogP contribution is 2.43. The number of aliphatic hydroxyl groups excluding tert-OH is 1. The minimum absolute atomic E-state index is 0.0754. The van der Waals surface area contributed by atoms with Crippen LogP contribution in [0, 0.1) is 20.8 Å². The van der Waals surface area contributed by atoms with Gasteiger partial charge in [-0.25, -0.2) is 0 Å². The van der Waals surface area contributed by atoms with E-state index in [1.165, 1.54) is 294 Å². The fourth-order valence-corrected chi connectivity index (χ4v) is 23.5. The second-order valence-corrected chi connectivity index (χ2v) is 39.9. The number of aromatic nitrogens is 5. The van der Waals surface area contributed by atoms with Crippen molar-refractivity contribution in [2.45, 2.75) is 180 Å². The lowest BCUT2D eigenvalue weighted by Crippen LogP contribution is -2.51. The number of benzene rings is 8. The third-order valence-electron chi connectivity index (χ3n) is 30.7. The van der Waals surface area contributed by atoms with Crippen molar-refractivity contribution in [2.75, 3.05) is 86.3 Å². The molecule has 13 aromatic rings. The quantitative estimate of drug-likeness (QED) is 0.0667. The summed E-state index contributed by atoms with van der Waals surface area (Å²) in [7, 11) is 4.53. The first-order chi connectivity index (χ1) is 65.3. The molecular weight excluding hydrogens is 1630 g/mol. The first-order valence-electron chi connectivity index (χ1n) is 49.6. The first-order valence-corrected chi connectivity index (χ1v) is 49.6. The summed E-state index contributed by atoms with van der Waals surface area (Å²) in [6, 6.07) is 85.0. The predicted molar refractivity (Wildman–Crippen MR) is 546 cm³/mol. The summed E-state index contributed by atoms with van der Waals surface area (Å²) in [5.41, 5.74) is 40.6. The number of aromatic amines is 1. The lowest BCUT2D eigenvalue weighted by Gasteiger charge is -2.40. The van der Waals surface area contributed by atoms with E-state index in [0.717, 1.165) is 108 Å². The maximum atomic E-state index is 9.04. The topological polar surface area (TPSA) is 122 Å². The number of H-pyrrole nitrogens is 1. The largest absolute Gasteiger partial charge is 0.381 e. The van der Waals surface area contributed by atoms with Crippen molar-refractivity contribution in [3.8, 4) is 44.5 Å². The zero-order valence-corrected chi connectivity index (χ0v) is 78.5. The molecule has 7 fully saturated rings. The van der Waals surface area contributed by atoms with E-state index in [4.69, 9.17) is 25.0 Å². The van der Waals surface area contributed by atoms with Crippen LogP contribution in [0.25, 0.3) is 77.7 Å². The van der Waals surface area contributed by atoms with Crippen LogP contribution >= 0.6 is 0 Å². The molecule has 11 aliphatic rings. The molecule has 14 nitrogen and oxygen atoms in total. The third-order valence-corrected chi connectivity index (χ3v) is 30.7. The maximum absolute atomic E-state index is 9.04. The van der Waals surface area contributed by atoms with Crippen molar-refractivity contribution in [3.05, 3.63) is 380 Å². The van der Waals surface area contributed by atoms with Crippen LogP contribution in [0.5, 0.6) is 0 Å². The van der Waals surface area contributed by atoms with E-state index in [-0.39, 0.29) is 6.73 Å². The van der Waals surface area contributed by atoms with Gasteiger partial charge in [0.25, 0.3) is 0 Å². The number of nitrogens with one attached hydrogen (secondary N) is 2. The van der Waals surface area contributed by atoms with Gasteiger partial charge in [-0.3, -0.25) is 44.9 Å². The number of likely N-dealkylation sites (tertiary alicyclic amines) is 5. The molecule has 12 heterocycles. The Labute approximate surface area is 788 Å². The number of piperazine rings is 2. The van der Waals surface area contributed by atoms with Crippen LogP contribution in [-0.4, -0.2) is 187 Å². The van der Waals surface area contributed by atoms with Crippen molar-refractivity contribution >= 4 is 33.2 Å². The van der Waals surface area contributed by atoms with Gasteiger partial charge in [-0.05, 0) is 264 Å². The monoisotopic (exact) mass is 1760 g/mol. The molecule has 0 amide bonds. The van der Waals surface area contributed by atoms with E-state index in [1.807, 2.05) is 31.0 Å². The van der Waals surface area contributed by atoms with Crippen molar-refractivity contribution < 1.29 is 5.11 Å². The Morgan fingerprint density at radius 1 is 0.331 bits per heavy atom. The van der Waals surface area contributed by atoms with Crippen LogP contribution in [0.3, 0.4) is 0 Å². The Bertz CT molecular complexity index is 6410. The molecule has 3 N–H and O–H groups in total. The van der Waals surface area contributed by atoms with Gasteiger partial charge in [0, 0.05) is 201 Å². The SMILES string of the molecule is CN1CC2CCC(C1)N2Cc1ccc(-c2cnc3c(c2)C(c2cccc4[nH]ccc24)=CC3)cc1.Cc1cccc(C2=CCc3ncc(-c4ccc(CN5C6CCC5CN(C)C6)cc4)cc32)c1.Cc1cccc(C2=CCc3ncc(-c4ccc(CN5CCC(N6CCCCC6)CC5)cc4)cc32)c1.Cc1cccc(C2=CCc3ncc(-c4ccc(CN5CCC(NCO)CC5)cc4)cc32)c1. The van der Waals surface area contributed by atoms with Gasteiger partial charge < -0.3 is 24.8 Å². The summed E-state index contributed by atoms with van der Waals surface area (Å²) in [6.45, 7) is 22.8. The van der Waals surface area contributed by atoms with Crippen LogP contribution in [0.4, 0.5) is 0 Å². The second-order valence-electron chi connectivity index (χ2n) is 39.9. The lowest BCUT2D eigenvalue weighted by molar-refractivity contribution is 0.0760. The molecular formula is C119H129N13O. The highest BCUT2D eigenvalue weighted by Gasteiger charge is 2.40. The minimum Gasteiger partial charge on any atom is -0.381 e. The molecule has 0 radical (unpaired) electrons. The normalized spacial score (nSPS) is 20.3. The number of aliphatic hydroxyl groups is 1. The molecule has 0 spiro atoms. The Morgan fingerprint density at radius 2 is 0.684 bits per heavy atom. The van der Waals surface area contributed by atoms with E-state index in [1.54, 1.807) is 0 Å². The number of hydrogen-bond donors (Lipinski definition) is 3. The zero-order valence-electron chi connectivity index (χ0n) is 78.5. The molecule has 7 saturated heterocycles. The fourth-order valence-electron chi connectivity index (χ4n) is 23.5. The zero-order chi connectivity index (χ0) is 89.8. The third kappa shape index (κ3) is 19.9. The molecule has 5 aromatic heterocycles. The van der Waals surface area contributed by atoms with Crippen LogP contribution in [0.15, 0.2) is 274 Å². The molecule has 0 saturated carbocycles. The predicted octanol–water partition coefficient (Wildman–Crippen LogP) is 21.9. The molecule has 24 rings (SSSR count). The lowest BCUT2D eigenvalue weighted by atomic mass is 9.95. The van der Waals surface area contributed by atoms with Gasteiger partial charge in [-0.1, -0.05) is 229 Å².